The number of nitrogens with zero attached hydrogens (tertiary/aromatic N) is 1. The van der Waals surface area contributed by atoms with Gasteiger partial charge in [0.05, 0.1) is 0 Å². The molecule has 0 unspecified atom stereocenters. The smallest absolute Gasteiger partial charge is 0.122 e. The zero-order valence-electron chi connectivity index (χ0n) is 11.8. The molecule has 1 aromatic rings. The van der Waals surface area contributed by atoms with E-state index in [4.69, 9.17) is 5.73 Å². The van der Waals surface area contributed by atoms with Crippen molar-refractivity contribution in [3.8, 4) is 5.75 Å². The molecule has 3 N–H and O–H groups in total. The lowest BCUT2D eigenvalue weighted by Gasteiger charge is -2.22. The van der Waals surface area contributed by atoms with E-state index in [-0.39, 0.29) is 24.2 Å². The first-order valence-corrected chi connectivity index (χ1v) is 6.58. The lowest BCUT2D eigenvalue weighted by Crippen LogP contribution is -2.21. The van der Waals surface area contributed by atoms with E-state index in [0.717, 1.165) is 37.2 Å². The highest BCUT2D eigenvalue weighted by molar-refractivity contribution is 5.85. The third-order valence-corrected chi connectivity index (χ3v) is 3.22. The normalized spacial score (nSPS) is 11.5. The van der Waals surface area contributed by atoms with Crippen molar-refractivity contribution in [2.75, 3.05) is 18.0 Å². The van der Waals surface area contributed by atoms with Crippen LogP contribution in [0.4, 0.5) is 5.69 Å². The van der Waals surface area contributed by atoms with Gasteiger partial charge < -0.3 is 15.7 Å². The summed E-state index contributed by atoms with van der Waals surface area (Å²) in [6.45, 7) is 9.74. The predicted octanol–water partition coefficient (Wildman–Crippen LogP) is 3.63. The van der Waals surface area contributed by atoms with Crippen molar-refractivity contribution in [1.82, 2.24) is 0 Å². The van der Waals surface area contributed by atoms with Crippen LogP contribution in [0.25, 0.3) is 0 Å². The van der Waals surface area contributed by atoms with E-state index in [1.54, 1.807) is 6.07 Å². The van der Waals surface area contributed by atoms with E-state index >= 15 is 0 Å². The average Bonchev–Trinajstić information content (AvgIpc) is 2.37. The summed E-state index contributed by atoms with van der Waals surface area (Å²) in [7, 11) is 0. The Bertz CT molecular complexity index is 392. The summed E-state index contributed by atoms with van der Waals surface area (Å²) in [5, 5.41) is 10.1. The van der Waals surface area contributed by atoms with Crippen LogP contribution in [0.5, 0.6) is 5.75 Å². The molecule has 0 spiro atoms. The van der Waals surface area contributed by atoms with Gasteiger partial charge >= 0.3 is 0 Å². The molecule has 19 heavy (non-hydrogen) atoms. The van der Waals surface area contributed by atoms with Crippen LogP contribution in [0.3, 0.4) is 0 Å². The molecule has 0 saturated heterocycles. The Labute approximate surface area is 122 Å². The molecule has 0 aromatic heterocycles. The fraction of sp³-hybridized carbons (Fsp3) is 0.467. The molecule has 1 rings (SSSR count). The molecule has 1 atom stereocenters. The Balaban J connectivity index is 0.00000324. The van der Waals surface area contributed by atoms with Crippen molar-refractivity contribution in [1.29, 1.82) is 0 Å². The molecule has 0 radical (unpaired) electrons. The van der Waals surface area contributed by atoms with Crippen LogP contribution >= 0.6 is 12.4 Å². The number of benzene rings is 1. The van der Waals surface area contributed by atoms with Crippen molar-refractivity contribution < 1.29 is 5.11 Å². The molecule has 3 nitrogen and oxygen atoms in total. The summed E-state index contributed by atoms with van der Waals surface area (Å²) >= 11 is 0. The molecule has 1 aromatic carbocycles. The first-order valence-electron chi connectivity index (χ1n) is 6.58. The highest BCUT2D eigenvalue weighted by Crippen LogP contribution is 2.30. The minimum absolute atomic E-state index is 0. The van der Waals surface area contributed by atoms with E-state index in [0.29, 0.717) is 0 Å². The van der Waals surface area contributed by atoms with Gasteiger partial charge in [0.15, 0.2) is 0 Å². The van der Waals surface area contributed by atoms with Gasteiger partial charge in [-0.25, -0.2) is 0 Å². The summed E-state index contributed by atoms with van der Waals surface area (Å²) < 4.78 is 0. The van der Waals surface area contributed by atoms with Crippen molar-refractivity contribution in [2.24, 2.45) is 5.73 Å². The lowest BCUT2D eigenvalue weighted by molar-refractivity contribution is 0.459. The van der Waals surface area contributed by atoms with Crippen molar-refractivity contribution >= 4 is 18.1 Å². The van der Waals surface area contributed by atoms with Crippen LogP contribution in [0, 0.1) is 0 Å². The fourth-order valence-electron chi connectivity index (χ4n) is 2.08. The van der Waals surface area contributed by atoms with Crippen molar-refractivity contribution in [3.63, 3.8) is 0 Å². The number of halogens is 1. The Kier molecular flexibility index (Phi) is 8.28. The quantitative estimate of drug-likeness (QED) is 0.752. The maximum absolute atomic E-state index is 10.1. The van der Waals surface area contributed by atoms with Gasteiger partial charge in [0.25, 0.3) is 0 Å². The van der Waals surface area contributed by atoms with E-state index < -0.39 is 0 Å². The predicted molar refractivity (Wildman–Crippen MR) is 85.3 cm³/mol. The molecule has 0 aliphatic carbocycles. The molecular weight excluding hydrogens is 260 g/mol. The highest BCUT2D eigenvalue weighted by Gasteiger charge is 2.12. The minimum Gasteiger partial charge on any atom is -0.508 e. The molecule has 0 heterocycles. The Morgan fingerprint density at radius 2 is 2.00 bits per heavy atom. The van der Waals surface area contributed by atoms with Crippen LogP contribution in [0.15, 0.2) is 30.9 Å². The Hall–Kier alpha value is -1.19. The number of rotatable bonds is 7. The van der Waals surface area contributed by atoms with Crippen molar-refractivity contribution in [3.05, 3.63) is 36.4 Å². The van der Waals surface area contributed by atoms with Gasteiger partial charge in [-0.15, -0.1) is 19.0 Å². The molecule has 0 amide bonds. The molecule has 0 saturated carbocycles. The first kappa shape index (κ1) is 17.8. The number of nitrogens with two attached hydrogens (primary N) is 1. The number of anilines is 1. The Morgan fingerprint density at radius 3 is 2.47 bits per heavy atom. The number of phenolic OH excluding ortho intramolecular Hbond substituents is 1. The van der Waals surface area contributed by atoms with Gasteiger partial charge in [0.2, 0.25) is 0 Å². The van der Waals surface area contributed by atoms with Gasteiger partial charge in [0.1, 0.15) is 5.75 Å². The second kappa shape index (κ2) is 8.83. The SMILES string of the molecule is C=CCC[C@@H](N)c1ccc(N(CC)CC)cc1O.Cl. The maximum Gasteiger partial charge on any atom is 0.122 e. The third-order valence-electron chi connectivity index (χ3n) is 3.22. The molecule has 4 heteroatoms. The fourth-order valence-corrected chi connectivity index (χ4v) is 2.08. The molecule has 0 aliphatic rings. The van der Waals surface area contributed by atoms with E-state index in [1.165, 1.54) is 0 Å². The zero-order valence-corrected chi connectivity index (χ0v) is 12.6. The summed E-state index contributed by atoms with van der Waals surface area (Å²) in [6, 6.07) is 5.62. The van der Waals surface area contributed by atoms with E-state index in [1.807, 2.05) is 18.2 Å². The molecule has 0 fully saturated rings. The van der Waals surface area contributed by atoms with Crippen LogP contribution in [-0.4, -0.2) is 18.2 Å². The van der Waals surface area contributed by atoms with Gasteiger partial charge in [-0.05, 0) is 32.8 Å². The first-order chi connectivity index (χ1) is 8.63. The molecule has 0 aliphatic heterocycles. The molecule has 0 bridgehead atoms. The highest BCUT2D eigenvalue weighted by atomic mass is 35.5. The van der Waals surface area contributed by atoms with Crippen LogP contribution < -0.4 is 10.6 Å². The second-order valence-electron chi connectivity index (χ2n) is 4.39. The van der Waals surface area contributed by atoms with Crippen LogP contribution in [0.1, 0.15) is 38.3 Å². The van der Waals surface area contributed by atoms with Crippen LogP contribution in [-0.2, 0) is 0 Å². The summed E-state index contributed by atoms with van der Waals surface area (Å²) in [5.74, 6) is 0.288. The van der Waals surface area contributed by atoms with E-state index in [9.17, 15) is 5.11 Å². The topological polar surface area (TPSA) is 49.5 Å². The van der Waals surface area contributed by atoms with Gasteiger partial charge in [0, 0.05) is 36.4 Å². The number of phenols is 1. The number of hydrogen-bond donors (Lipinski definition) is 2. The summed E-state index contributed by atoms with van der Waals surface area (Å²) in [5.41, 5.74) is 7.90. The molecule has 108 valence electrons. The number of allylic oxidation sites excluding steroid dienone is 1. The van der Waals surface area contributed by atoms with Gasteiger partial charge in [-0.1, -0.05) is 12.1 Å². The monoisotopic (exact) mass is 284 g/mol. The minimum atomic E-state index is -0.131. The van der Waals surface area contributed by atoms with Gasteiger partial charge in [-0.3, -0.25) is 0 Å². The molecular formula is C15H25ClN2O. The van der Waals surface area contributed by atoms with Gasteiger partial charge in [-0.2, -0.15) is 0 Å². The average molecular weight is 285 g/mol. The Morgan fingerprint density at radius 1 is 1.37 bits per heavy atom. The standard InChI is InChI=1S/C15H24N2O.ClH/c1-4-7-8-14(16)13-10-9-12(11-15(13)18)17(5-2)6-3;/h4,9-11,14,18H,1,5-8,16H2,2-3H3;1H/t14-;/m1./s1. The largest absolute Gasteiger partial charge is 0.508 e. The third kappa shape index (κ3) is 4.77. The number of hydrogen-bond acceptors (Lipinski definition) is 3. The summed E-state index contributed by atoms with van der Waals surface area (Å²) in [6.07, 6.45) is 3.52. The summed E-state index contributed by atoms with van der Waals surface area (Å²) in [4.78, 5) is 2.19. The van der Waals surface area contributed by atoms with Crippen LogP contribution in [0.2, 0.25) is 0 Å². The second-order valence-corrected chi connectivity index (χ2v) is 4.39. The van der Waals surface area contributed by atoms with E-state index in [2.05, 4.69) is 25.3 Å². The lowest BCUT2D eigenvalue weighted by atomic mass is 10.0. The maximum atomic E-state index is 10.1. The number of aromatic hydroxyl groups is 1. The van der Waals surface area contributed by atoms with Crippen molar-refractivity contribution in [2.45, 2.75) is 32.7 Å². The zero-order chi connectivity index (χ0) is 13.5.